The Bertz CT molecular complexity index is 607. The molecule has 0 aliphatic heterocycles. The molecule has 0 heterocycles. The Balaban J connectivity index is 1.78. The molecule has 142 valence electrons. The molecule has 2 saturated carbocycles. The molecular weight excluding hydrogens is 472 g/mol. The number of carbonyl (C=O) groups is 1. The van der Waals surface area contributed by atoms with E-state index in [0.29, 0.717) is 31.7 Å². The Hall–Kier alpha value is 1.24. The van der Waals surface area contributed by atoms with Crippen molar-refractivity contribution in [2.75, 3.05) is 12.5 Å². The number of unbranched alkanes of at least 4 members (excludes halogenated alkanes) is 1. The lowest BCUT2D eigenvalue weighted by atomic mass is 9.69. The Kier molecular flexibility index (Phi) is 6.08. The predicted molar refractivity (Wildman–Crippen MR) is 106 cm³/mol. The topological polar surface area (TPSA) is 26.3 Å². The summed E-state index contributed by atoms with van der Waals surface area (Å²) in [7, 11) is 0. The first-order valence-electron chi connectivity index (χ1n) is 8.18. The molecule has 0 amide bonds. The molecule has 3 aliphatic rings. The number of hydrogen-bond donors (Lipinski definition) is 0. The van der Waals surface area contributed by atoms with Gasteiger partial charge in [0.05, 0.1) is 22.6 Å². The van der Waals surface area contributed by atoms with Crippen molar-refractivity contribution in [1.29, 1.82) is 0 Å². The Labute approximate surface area is 182 Å². The van der Waals surface area contributed by atoms with E-state index in [0.717, 1.165) is 12.8 Å². The van der Waals surface area contributed by atoms with Gasteiger partial charge >= 0.3 is 5.97 Å². The highest BCUT2D eigenvalue weighted by molar-refractivity contribution is 6.65. The van der Waals surface area contributed by atoms with Crippen LogP contribution in [0.1, 0.15) is 32.1 Å². The number of rotatable bonds is 5. The van der Waals surface area contributed by atoms with E-state index in [4.69, 9.17) is 85.9 Å². The van der Waals surface area contributed by atoms with Crippen LogP contribution in [0.2, 0.25) is 0 Å². The summed E-state index contributed by atoms with van der Waals surface area (Å²) in [4.78, 5) is 9.86. The summed E-state index contributed by atoms with van der Waals surface area (Å²) in [5.41, 5.74) is 0. The summed E-state index contributed by atoms with van der Waals surface area (Å²) in [5.74, 6) is -0.348. The maximum Gasteiger partial charge on any atom is 0.308 e. The highest BCUT2D eigenvalue weighted by atomic mass is 35.5. The van der Waals surface area contributed by atoms with E-state index in [1.165, 1.54) is 0 Å². The van der Waals surface area contributed by atoms with Crippen LogP contribution >= 0.6 is 81.2 Å². The lowest BCUT2D eigenvalue weighted by molar-refractivity contribution is -0.150. The summed E-state index contributed by atoms with van der Waals surface area (Å²) in [6.45, 7) is 0.364. The molecule has 0 saturated heterocycles. The number of carbonyl (C=O) groups excluding carboxylic acids is 1. The Morgan fingerprint density at radius 3 is 2.20 bits per heavy atom. The molecule has 5 atom stereocenters. The second-order valence-corrected chi connectivity index (χ2v) is 10.6. The SMILES string of the molecule is O=C(OCCCCCl)[C@@H]1CC[C@H]2[C@@H](C1)[C@@]1(Cl)C(Cl)=C(Cl)[C@@]2(Cl)C1(Cl)Cl. The minimum Gasteiger partial charge on any atom is -0.465 e. The maximum atomic E-state index is 12.4. The average molecular weight is 489 g/mol. The molecule has 3 rings (SSSR count). The van der Waals surface area contributed by atoms with Gasteiger partial charge in [-0.1, -0.05) is 46.4 Å². The van der Waals surface area contributed by atoms with Crippen molar-refractivity contribution in [2.24, 2.45) is 17.8 Å². The van der Waals surface area contributed by atoms with Crippen LogP contribution in [-0.2, 0) is 9.53 Å². The molecule has 3 aliphatic carbocycles. The number of fused-ring (bicyclic) bond motifs is 5. The van der Waals surface area contributed by atoms with Gasteiger partial charge < -0.3 is 4.74 Å². The van der Waals surface area contributed by atoms with Gasteiger partial charge in [-0.2, -0.15) is 0 Å². The molecule has 25 heavy (non-hydrogen) atoms. The normalized spacial score (nSPS) is 41.8. The van der Waals surface area contributed by atoms with E-state index >= 15 is 0 Å². The fourth-order valence-corrected chi connectivity index (χ4v) is 7.76. The molecule has 0 aromatic heterocycles. The lowest BCUT2D eigenvalue weighted by Gasteiger charge is -2.42. The second kappa shape index (κ2) is 7.25. The number of allylic oxidation sites excluding steroid dienone is 2. The standard InChI is InChI=1S/C16H17Cl7O2/c17-5-1-2-6-25-13(24)8-3-4-9-10(7-8)15(21)12(19)11(18)14(9,20)16(15,22)23/h8-10H,1-7H2/t8-,9+,10-,14-,15-/m1/s1. The number of alkyl halides is 5. The van der Waals surface area contributed by atoms with Crippen LogP contribution in [0, 0.1) is 17.8 Å². The van der Waals surface area contributed by atoms with E-state index in [9.17, 15) is 4.79 Å². The second-order valence-electron chi connectivity index (χ2n) is 6.91. The first-order chi connectivity index (χ1) is 11.6. The van der Waals surface area contributed by atoms with Crippen LogP contribution in [-0.4, -0.2) is 32.5 Å². The third-order valence-corrected chi connectivity index (χ3v) is 10.3. The van der Waals surface area contributed by atoms with Gasteiger partial charge in [-0.3, -0.25) is 4.79 Å². The number of halogens is 7. The summed E-state index contributed by atoms with van der Waals surface area (Å²) in [6, 6.07) is 0. The van der Waals surface area contributed by atoms with Crippen LogP contribution in [0.15, 0.2) is 10.1 Å². The first-order valence-corrected chi connectivity index (χ1v) is 11.0. The van der Waals surface area contributed by atoms with E-state index in [-0.39, 0.29) is 33.8 Å². The van der Waals surface area contributed by atoms with Crippen LogP contribution in [0.3, 0.4) is 0 Å². The summed E-state index contributed by atoms with van der Waals surface area (Å²) < 4.78 is 3.82. The van der Waals surface area contributed by atoms with Gasteiger partial charge in [-0.15, -0.1) is 34.8 Å². The number of hydrogen-bond acceptors (Lipinski definition) is 2. The first kappa shape index (κ1) is 21.0. The smallest absolute Gasteiger partial charge is 0.308 e. The molecule has 2 bridgehead atoms. The van der Waals surface area contributed by atoms with Crippen molar-refractivity contribution in [2.45, 2.75) is 46.2 Å². The zero-order valence-corrected chi connectivity index (χ0v) is 18.4. The van der Waals surface area contributed by atoms with Crippen LogP contribution < -0.4 is 0 Å². The highest BCUT2D eigenvalue weighted by Gasteiger charge is 2.82. The average Bonchev–Trinajstić information content (AvgIpc) is 2.79. The van der Waals surface area contributed by atoms with Crippen LogP contribution in [0.25, 0.3) is 0 Å². The summed E-state index contributed by atoms with van der Waals surface area (Å²) in [6.07, 6.45) is 3.28. The highest BCUT2D eigenvalue weighted by Crippen LogP contribution is 2.78. The minimum absolute atomic E-state index is 0.142. The summed E-state index contributed by atoms with van der Waals surface area (Å²) in [5, 5.41) is 0.410. The molecular formula is C16H17Cl7O2. The van der Waals surface area contributed by atoms with Crippen molar-refractivity contribution in [3.8, 4) is 0 Å². The van der Waals surface area contributed by atoms with Crippen LogP contribution in [0.4, 0.5) is 0 Å². The van der Waals surface area contributed by atoms with E-state index in [2.05, 4.69) is 0 Å². The molecule has 0 radical (unpaired) electrons. The van der Waals surface area contributed by atoms with E-state index in [1.54, 1.807) is 0 Å². The zero-order chi connectivity index (χ0) is 18.6. The molecule has 9 heteroatoms. The molecule has 2 nitrogen and oxygen atoms in total. The Morgan fingerprint density at radius 2 is 1.60 bits per heavy atom. The molecule has 0 N–H and O–H groups in total. The molecule has 2 fully saturated rings. The predicted octanol–water partition coefficient (Wildman–Crippen LogP) is 6.43. The third kappa shape index (κ3) is 2.76. The van der Waals surface area contributed by atoms with Crippen molar-refractivity contribution >= 4 is 87.2 Å². The Morgan fingerprint density at radius 1 is 1.00 bits per heavy atom. The van der Waals surface area contributed by atoms with Crippen molar-refractivity contribution in [1.82, 2.24) is 0 Å². The van der Waals surface area contributed by atoms with Crippen molar-refractivity contribution < 1.29 is 9.53 Å². The van der Waals surface area contributed by atoms with Gasteiger partial charge in [0.15, 0.2) is 4.33 Å². The van der Waals surface area contributed by atoms with E-state index < -0.39 is 14.1 Å². The lowest BCUT2D eigenvalue weighted by Crippen LogP contribution is -2.44. The fourth-order valence-electron chi connectivity index (χ4n) is 4.44. The van der Waals surface area contributed by atoms with Gasteiger partial charge in [0.25, 0.3) is 0 Å². The van der Waals surface area contributed by atoms with Gasteiger partial charge in [0, 0.05) is 5.88 Å². The van der Waals surface area contributed by atoms with Crippen LogP contribution in [0.5, 0.6) is 0 Å². The van der Waals surface area contributed by atoms with E-state index in [1.807, 2.05) is 0 Å². The third-order valence-electron chi connectivity index (χ3n) is 5.72. The molecule has 0 aromatic rings. The van der Waals surface area contributed by atoms with Gasteiger partial charge in [-0.25, -0.2) is 0 Å². The van der Waals surface area contributed by atoms with Crippen molar-refractivity contribution in [3.63, 3.8) is 0 Å². The largest absolute Gasteiger partial charge is 0.465 e. The number of ether oxygens (including phenoxy) is 1. The van der Waals surface area contributed by atoms with Crippen molar-refractivity contribution in [3.05, 3.63) is 10.1 Å². The summed E-state index contributed by atoms with van der Waals surface area (Å²) >= 11 is 45.1. The zero-order valence-electron chi connectivity index (χ0n) is 13.1. The van der Waals surface area contributed by atoms with Gasteiger partial charge in [0.1, 0.15) is 9.75 Å². The van der Waals surface area contributed by atoms with Gasteiger partial charge in [0.2, 0.25) is 0 Å². The number of esters is 1. The monoisotopic (exact) mass is 486 g/mol. The molecule has 0 unspecified atom stereocenters. The quantitative estimate of drug-likeness (QED) is 0.253. The van der Waals surface area contributed by atoms with Gasteiger partial charge in [-0.05, 0) is 43.9 Å². The molecule has 0 spiro atoms. The molecule has 0 aromatic carbocycles. The fraction of sp³-hybridized carbons (Fsp3) is 0.812. The maximum absolute atomic E-state index is 12.4. The minimum atomic E-state index is -1.54.